The Kier molecular flexibility index (Phi) is 7.80. The highest BCUT2D eigenvalue weighted by Gasteiger charge is 2.23. The summed E-state index contributed by atoms with van der Waals surface area (Å²) in [5.41, 5.74) is 1.24. The Morgan fingerprint density at radius 2 is 1.58 bits per heavy atom. The number of piperazine rings is 1. The Morgan fingerprint density at radius 3 is 2.00 bits per heavy atom. The van der Waals surface area contributed by atoms with Crippen molar-refractivity contribution in [3.8, 4) is 0 Å². The van der Waals surface area contributed by atoms with E-state index in [0.29, 0.717) is 13.1 Å². The number of nitrogens with zero attached hydrogens (tertiary/aromatic N) is 2. The number of aliphatic carboxylic acids is 2. The van der Waals surface area contributed by atoms with Gasteiger partial charge in [0.1, 0.15) is 0 Å². The van der Waals surface area contributed by atoms with E-state index in [1.165, 1.54) is 11.8 Å². The SMILES string of the molecule is CS(=O)(=O)N1CCN(Cc2ccccc2Br)CC1.O=C(O)C(=O)O. The van der Waals surface area contributed by atoms with E-state index in [9.17, 15) is 8.42 Å². The smallest absolute Gasteiger partial charge is 0.414 e. The van der Waals surface area contributed by atoms with Crippen LogP contribution in [0.5, 0.6) is 0 Å². The molecule has 0 amide bonds. The molecule has 0 unspecified atom stereocenters. The second kappa shape index (κ2) is 9.11. The number of sulfonamides is 1. The average molecular weight is 423 g/mol. The molecule has 1 aliphatic heterocycles. The van der Waals surface area contributed by atoms with Crippen LogP contribution in [0.25, 0.3) is 0 Å². The van der Waals surface area contributed by atoms with Crippen LogP contribution in [0.15, 0.2) is 28.7 Å². The van der Waals surface area contributed by atoms with Crippen LogP contribution >= 0.6 is 15.9 Å². The van der Waals surface area contributed by atoms with Crippen LogP contribution in [0.2, 0.25) is 0 Å². The van der Waals surface area contributed by atoms with Gasteiger partial charge in [-0.3, -0.25) is 4.90 Å². The van der Waals surface area contributed by atoms with Crippen LogP contribution in [0.1, 0.15) is 5.56 Å². The Balaban J connectivity index is 0.000000413. The van der Waals surface area contributed by atoms with Crippen LogP contribution in [0.3, 0.4) is 0 Å². The summed E-state index contributed by atoms with van der Waals surface area (Å²) in [6.45, 7) is 3.61. The first-order valence-electron chi connectivity index (χ1n) is 6.98. The van der Waals surface area contributed by atoms with Crippen molar-refractivity contribution in [2.24, 2.45) is 0 Å². The first kappa shape index (κ1) is 20.6. The summed E-state index contributed by atoms with van der Waals surface area (Å²) in [6.07, 6.45) is 1.27. The van der Waals surface area contributed by atoms with Crippen LogP contribution in [-0.2, 0) is 26.2 Å². The van der Waals surface area contributed by atoms with Crippen molar-refractivity contribution < 1.29 is 28.2 Å². The van der Waals surface area contributed by atoms with Crippen LogP contribution < -0.4 is 0 Å². The van der Waals surface area contributed by atoms with Crippen molar-refractivity contribution in [1.29, 1.82) is 0 Å². The van der Waals surface area contributed by atoms with E-state index < -0.39 is 22.0 Å². The highest BCUT2D eigenvalue weighted by atomic mass is 79.9. The molecule has 1 heterocycles. The third-order valence-electron chi connectivity index (χ3n) is 3.34. The molecule has 0 saturated carbocycles. The van der Waals surface area contributed by atoms with Crippen molar-refractivity contribution >= 4 is 37.9 Å². The van der Waals surface area contributed by atoms with E-state index in [1.807, 2.05) is 18.2 Å². The number of rotatable bonds is 3. The van der Waals surface area contributed by atoms with E-state index in [-0.39, 0.29) is 0 Å². The fourth-order valence-corrected chi connectivity index (χ4v) is 3.32. The van der Waals surface area contributed by atoms with E-state index >= 15 is 0 Å². The number of halogens is 1. The molecular weight excluding hydrogens is 404 g/mol. The van der Waals surface area contributed by atoms with Gasteiger partial charge in [-0.1, -0.05) is 34.1 Å². The third kappa shape index (κ3) is 6.95. The summed E-state index contributed by atoms with van der Waals surface area (Å²) in [7, 11) is -3.03. The van der Waals surface area contributed by atoms with Crippen molar-refractivity contribution in [3.05, 3.63) is 34.3 Å². The molecule has 134 valence electrons. The van der Waals surface area contributed by atoms with Gasteiger partial charge < -0.3 is 10.2 Å². The molecule has 0 aliphatic carbocycles. The molecular formula is C14H19BrN2O6S. The fourth-order valence-electron chi connectivity index (χ4n) is 2.09. The largest absolute Gasteiger partial charge is 0.473 e. The maximum Gasteiger partial charge on any atom is 0.414 e. The predicted octanol–water partition coefficient (Wildman–Crippen LogP) is 0.682. The number of carbonyl (C=O) groups is 2. The third-order valence-corrected chi connectivity index (χ3v) is 5.41. The Labute approximate surface area is 148 Å². The summed E-state index contributed by atoms with van der Waals surface area (Å²) in [5.74, 6) is -3.65. The zero-order chi connectivity index (χ0) is 18.3. The van der Waals surface area contributed by atoms with Crippen molar-refractivity contribution in [1.82, 2.24) is 9.21 Å². The van der Waals surface area contributed by atoms with E-state index in [2.05, 4.69) is 26.9 Å². The lowest BCUT2D eigenvalue weighted by molar-refractivity contribution is -0.159. The summed E-state index contributed by atoms with van der Waals surface area (Å²) in [4.78, 5) is 20.5. The highest BCUT2D eigenvalue weighted by molar-refractivity contribution is 9.10. The molecule has 0 spiro atoms. The first-order chi connectivity index (χ1) is 11.1. The van der Waals surface area contributed by atoms with Crippen LogP contribution in [-0.4, -0.2) is 72.2 Å². The maximum absolute atomic E-state index is 11.4. The molecule has 0 aromatic heterocycles. The van der Waals surface area contributed by atoms with Gasteiger partial charge in [-0.05, 0) is 11.6 Å². The molecule has 1 aliphatic rings. The molecule has 1 fully saturated rings. The number of benzene rings is 1. The molecule has 2 rings (SSSR count). The van der Waals surface area contributed by atoms with Crippen molar-refractivity contribution in [2.45, 2.75) is 6.54 Å². The maximum atomic E-state index is 11.4. The van der Waals surface area contributed by atoms with Gasteiger partial charge in [0.25, 0.3) is 0 Å². The Bertz CT molecular complexity index is 674. The summed E-state index contributed by atoms with van der Waals surface area (Å²) < 4.78 is 25.5. The van der Waals surface area contributed by atoms with Gasteiger partial charge in [0.2, 0.25) is 10.0 Å². The Hall–Kier alpha value is -1.49. The molecule has 10 heteroatoms. The zero-order valence-electron chi connectivity index (χ0n) is 13.1. The molecule has 8 nitrogen and oxygen atoms in total. The van der Waals surface area contributed by atoms with Gasteiger partial charge in [0.05, 0.1) is 6.26 Å². The van der Waals surface area contributed by atoms with Crippen molar-refractivity contribution in [3.63, 3.8) is 0 Å². The lowest BCUT2D eigenvalue weighted by atomic mass is 10.2. The van der Waals surface area contributed by atoms with Crippen LogP contribution in [0, 0.1) is 0 Å². The molecule has 24 heavy (non-hydrogen) atoms. The number of carboxylic acid groups (broad SMARTS) is 2. The van der Waals surface area contributed by atoms with Gasteiger partial charge in [-0.2, -0.15) is 4.31 Å². The standard InChI is InChI=1S/C12H17BrN2O2S.C2H2O4/c1-18(16,17)15-8-6-14(7-9-15)10-11-4-2-3-5-12(11)13;3-1(4)2(5)6/h2-5H,6-10H2,1H3;(H,3,4)(H,5,6). The monoisotopic (exact) mass is 422 g/mol. The lowest BCUT2D eigenvalue weighted by Crippen LogP contribution is -2.47. The molecule has 0 radical (unpaired) electrons. The van der Waals surface area contributed by atoms with E-state index in [4.69, 9.17) is 19.8 Å². The van der Waals surface area contributed by atoms with Gasteiger partial charge in [-0.15, -0.1) is 0 Å². The molecule has 1 saturated heterocycles. The topological polar surface area (TPSA) is 115 Å². The zero-order valence-corrected chi connectivity index (χ0v) is 15.5. The molecule has 1 aromatic carbocycles. The second-order valence-corrected chi connectivity index (χ2v) is 7.98. The lowest BCUT2D eigenvalue weighted by Gasteiger charge is -2.33. The number of hydrogen-bond donors (Lipinski definition) is 2. The highest BCUT2D eigenvalue weighted by Crippen LogP contribution is 2.18. The normalized spacial score (nSPS) is 16.1. The van der Waals surface area contributed by atoms with Gasteiger partial charge in [0, 0.05) is 37.2 Å². The summed E-state index contributed by atoms with van der Waals surface area (Å²) in [5, 5.41) is 14.8. The number of hydrogen-bond acceptors (Lipinski definition) is 5. The minimum absolute atomic E-state index is 0.587. The minimum Gasteiger partial charge on any atom is -0.473 e. The Morgan fingerprint density at radius 1 is 1.08 bits per heavy atom. The molecule has 1 aromatic rings. The molecule has 2 N–H and O–H groups in total. The van der Waals surface area contributed by atoms with Crippen molar-refractivity contribution in [2.75, 3.05) is 32.4 Å². The minimum atomic E-state index is -3.03. The van der Waals surface area contributed by atoms with Gasteiger partial charge in [0.15, 0.2) is 0 Å². The second-order valence-electron chi connectivity index (χ2n) is 5.14. The summed E-state index contributed by atoms with van der Waals surface area (Å²) >= 11 is 3.53. The van der Waals surface area contributed by atoms with Gasteiger partial charge in [-0.25, -0.2) is 18.0 Å². The molecule has 0 atom stereocenters. The number of carboxylic acids is 2. The van der Waals surface area contributed by atoms with E-state index in [0.717, 1.165) is 24.1 Å². The molecule has 0 bridgehead atoms. The van der Waals surface area contributed by atoms with Gasteiger partial charge >= 0.3 is 11.9 Å². The predicted molar refractivity (Wildman–Crippen MR) is 91.1 cm³/mol. The fraction of sp³-hybridized carbons (Fsp3) is 0.429. The summed E-state index contributed by atoms with van der Waals surface area (Å²) in [6, 6.07) is 8.14. The average Bonchev–Trinajstić information content (AvgIpc) is 2.50. The van der Waals surface area contributed by atoms with Crippen LogP contribution in [0.4, 0.5) is 0 Å². The van der Waals surface area contributed by atoms with E-state index in [1.54, 1.807) is 4.31 Å². The first-order valence-corrected chi connectivity index (χ1v) is 9.62. The quantitative estimate of drug-likeness (QED) is 0.687.